The third-order valence-corrected chi connectivity index (χ3v) is 5.48. The van der Waals surface area contributed by atoms with Crippen LogP contribution in [0.15, 0.2) is 10.6 Å². The molecule has 1 spiro atoms. The predicted molar refractivity (Wildman–Crippen MR) is 85.4 cm³/mol. The van der Waals surface area contributed by atoms with E-state index in [0.29, 0.717) is 10.9 Å². The van der Waals surface area contributed by atoms with Gasteiger partial charge in [0.25, 0.3) is 0 Å². The Labute approximate surface area is 147 Å². The highest BCUT2D eigenvalue weighted by Gasteiger charge is 2.49. The van der Waals surface area contributed by atoms with Crippen molar-refractivity contribution in [2.24, 2.45) is 0 Å². The molecular formula is C15H21F3N2O4S. The first-order chi connectivity index (χ1) is 11.6. The topological polar surface area (TPSA) is 75.8 Å². The van der Waals surface area contributed by atoms with E-state index in [1.807, 2.05) is 13.0 Å². The maximum Gasteiger partial charge on any atom is 0.490 e. The fraction of sp³-hybridized carbons (Fsp3) is 0.733. The third-order valence-electron chi connectivity index (χ3n) is 3.91. The van der Waals surface area contributed by atoms with E-state index in [9.17, 15) is 13.2 Å². The number of aromatic nitrogens is 1. The quantitative estimate of drug-likeness (QED) is 0.858. The summed E-state index contributed by atoms with van der Waals surface area (Å²) in [6.45, 7) is 8.09. The van der Waals surface area contributed by atoms with Gasteiger partial charge in [-0.15, -0.1) is 11.8 Å². The van der Waals surface area contributed by atoms with E-state index in [4.69, 9.17) is 19.2 Å². The number of likely N-dealkylation sites (tertiary alicyclic amines) is 1. The molecule has 2 fully saturated rings. The summed E-state index contributed by atoms with van der Waals surface area (Å²) in [5.41, 5.74) is 1.05. The second kappa shape index (κ2) is 7.96. The van der Waals surface area contributed by atoms with Gasteiger partial charge >= 0.3 is 12.1 Å². The molecular weight excluding hydrogens is 361 g/mol. The van der Waals surface area contributed by atoms with Crippen LogP contribution in [-0.4, -0.2) is 63.6 Å². The Morgan fingerprint density at radius 1 is 1.56 bits per heavy atom. The number of rotatable bonds is 4. The first kappa shape index (κ1) is 20.1. The van der Waals surface area contributed by atoms with Gasteiger partial charge in [-0.25, -0.2) is 4.79 Å². The Morgan fingerprint density at radius 2 is 2.20 bits per heavy atom. The van der Waals surface area contributed by atoms with Gasteiger partial charge in [-0.05, 0) is 20.3 Å². The van der Waals surface area contributed by atoms with Crippen molar-refractivity contribution in [1.82, 2.24) is 10.1 Å². The van der Waals surface area contributed by atoms with Gasteiger partial charge in [-0.3, -0.25) is 4.90 Å². The van der Waals surface area contributed by atoms with Crippen molar-refractivity contribution in [3.8, 4) is 0 Å². The molecule has 2 saturated heterocycles. The molecule has 1 N–H and O–H groups in total. The lowest BCUT2D eigenvalue weighted by atomic mass is 9.93. The van der Waals surface area contributed by atoms with Crippen molar-refractivity contribution in [3.63, 3.8) is 0 Å². The molecule has 1 atom stereocenters. The van der Waals surface area contributed by atoms with Gasteiger partial charge in [-0.2, -0.15) is 13.2 Å². The summed E-state index contributed by atoms with van der Waals surface area (Å²) in [5.74, 6) is -0.704. The number of hydrogen-bond donors (Lipinski definition) is 1. The van der Waals surface area contributed by atoms with Crippen molar-refractivity contribution >= 4 is 17.7 Å². The van der Waals surface area contributed by atoms with Crippen molar-refractivity contribution < 1.29 is 32.3 Å². The molecule has 0 aromatic carbocycles. The summed E-state index contributed by atoms with van der Waals surface area (Å²) < 4.78 is 43.0. The Hall–Kier alpha value is -1.26. The van der Waals surface area contributed by atoms with E-state index >= 15 is 0 Å². The van der Waals surface area contributed by atoms with Crippen LogP contribution < -0.4 is 0 Å². The number of aliphatic carboxylic acids is 1. The molecule has 3 rings (SSSR count). The fourth-order valence-electron chi connectivity index (χ4n) is 2.97. The molecule has 1 aromatic heterocycles. The zero-order valence-corrected chi connectivity index (χ0v) is 14.8. The smallest absolute Gasteiger partial charge is 0.475 e. The summed E-state index contributed by atoms with van der Waals surface area (Å²) in [6, 6.07) is 2.02. The maximum atomic E-state index is 10.6. The molecule has 1 aromatic rings. The summed E-state index contributed by atoms with van der Waals surface area (Å²) in [6.07, 6.45) is -3.41. The average molecular weight is 382 g/mol. The number of thioether (sulfide) groups is 1. The molecule has 25 heavy (non-hydrogen) atoms. The van der Waals surface area contributed by atoms with Gasteiger partial charge in [0.05, 0.1) is 11.8 Å². The van der Waals surface area contributed by atoms with Crippen LogP contribution in [0.25, 0.3) is 0 Å². The SMILES string of the molecule is CCOC1CSC2(C1)CN(Cc1cc(C)on1)C2.O=C(O)C(F)(F)F. The largest absolute Gasteiger partial charge is 0.490 e. The highest BCUT2D eigenvalue weighted by molar-refractivity contribution is 8.01. The molecule has 3 heterocycles. The standard InChI is InChI=1S/C13H20N2O2S.C2HF3O2/c1-3-16-12-5-13(18-7-12)8-15(9-13)6-11-4-10(2)17-14-11;3-2(4,5)1(6)7/h4,12H,3,5-9H2,1-2H3;(H,6,7). The number of ether oxygens (including phenoxy) is 1. The Morgan fingerprint density at radius 3 is 2.68 bits per heavy atom. The molecule has 2 aliphatic heterocycles. The van der Waals surface area contributed by atoms with Crippen LogP contribution in [0.5, 0.6) is 0 Å². The van der Waals surface area contributed by atoms with Crippen molar-refractivity contribution in [2.45, 2.75) is 43.8 Å². The van der Waals surface area contributed by atoms with Crippen LogP contribution in [-0.2, 0) is 16.1 Å². The van der Waals surface area contributed by atoms with Gasteiger partial charge in [-0.1, -0.05) is 5.16 Å². The second-order valence-electron chi connectivity index (χ2n) is 6.15. The van der Waals surface area contributed by atoms with E-state index in [2.05, 4.69) is 28.7 Å². The monoisotopic (exact) mass is 382 g/mol. The van der Waals surface area contributed by atoms with Crippen LogP contribution in [0.4, 0.5) is 13.2 Å². The highest BCUT2D eigenvalue weighted by atomic mass is 32.2. The van der Waals surface area contributed by atoms with E-state index in [1.54, 1.807) is 0 Å². The zero-order chi connectivity index (χ0) is 18.7. The van der Waals surface area contributed by atoms with Crippen molar-refractivity contribution in [3.05, 3.63) is 17.5 Å². The number of alkyl halides is 3. The summed E-state index contributed by atoms with van der Waals surface area (Å²) in [5, 5.41) is 11.2. The highest BCUT2D eigenvalue weighted by Crippen LogP contribution is 2.46. The van der Waals surface area contributed by atoms with Gasteiger partial charge < -0.3 is 14.4 Å². The minimum atomic E-state index is -5.08. The van der Waals surface area contributed by atoms with Gasteiger partial charge in [0.15, 0.2) is 0 Å². The van der Waals surface area contributed by atoms with Crippen LogP contribution in [0.3, 0.4) is 0 Å². The van der Waals surface area contributed by atoms with Crippen molar-refractivity contribution in [2.75, 3.05) is 25.4 Å². The summed E-state index contributed by atoms with van der Waals surface area (Å²) in [4.78, 5) is 11.3. The Balaban J connectivity index is 0.000000277. The first-order valence-electron chi connectivity index (χ1n) is 7.84. The van der Waals surface area contributed by atoms with Crippen LogP contribution >= 0.6 is 11.8 Å². The molecule has 10 heteroatoms. The molecule has 1 unspecified atom stereocenters. The minimum Gasteiger partial charge on any atom is -0.475 e. The van der Waals surface area contributed by atoms with Crippen LogP contribution in [0, 0.1) is 6.92 Å². The van der Waals surface area contributed by atoms with Gasteiger partial charge in [0, 0.05) is 42.8 Å². The van der Waals surface area contributed by atoms with Crippen LogP contribution in [0.2, 0.25) is 0 Å². The molecule has 0 saturated carbocycles. The molecule has 0 aliphatic carbocycles. The van der Waals surface area contributed by atoms with E-state index in [1.165, 1.54) is 6.42 Å². The minimum absolute atomic E-state index is 0.457. The Bertz CT molecular complexity index is 588. The molecule has 0 radical (unpaired) electrons. The average Bonchev–Trinajstić information content (AvgIpc) is 3.06. The third kappa shape index (κ3) is 5.61. The lowest BCUT2D eigenvalue weighted by molar-refractivity contribution is -0.192. The van der Waals surface area contributed by atoms with Crippen molar-refractivity contribution in [1.29, 1.82) is 0 Å². The lowest BCUT2D eigenvalue weighted by Gasteiger charge is -2.47. The van der Waals surface area contributed by atoms with Crippen LogP contribution in [0.1, 0.15) is 24.8 Å². The number of carboxylic acid groups (broad SMARTS) is 1. The van der Waals surface area contributed by atoms with E-state index < -0.39 is 12.1 Å². The number of hydrogen-bond acceptors (Lipinski definition) is 6. The zero-order valence-electron chi connectivity index (χ0n) is 14.0. The van der Waals surface area contributed by atoms with E-state index in [-0.39, 0.29) is 0 Å². The van der Waals surface area contributed by atoms with Gasteiger partial charge in [0.1, 0.15) is 5.76 Å². The molecule has 2 aliphatic rings. The number of carboxylic acids is 1. The second-order valence-corrected chi connectivity index (χ2v) is 7.64. The van der Waals surface area contributed by atoms with E-state index in [0.717, 1.165) is 43.4 Å². The number of carbonyl (C=O) groups is 1. The van der Waals surface area contributed by atoms with Gasteiger partial charge in [0.2, 0.25) is 0 Å². The normalized spacial score (nSPS) is 22.4. The predicted octanol–water partition coefficient (Wildman–Crippen LogP) is 2.71. The Kier molecular flexibility index (Phi) is 6.39. The lowest BCUT2D eigenvalue weighted by Crippen LogP contribution is -2.58. The fourth-order valence-corrected chi connectivity index (χ4v) is 4.57. The number of aryl methyl sites for hydroxylation is 1. The number of halogens is 3. The number of nitrogens with zero attached hydrogens (tertiary/aromatic N) is 2. The summed E-state index contributed by atoms with van der Waals surface area (Å²) in [7, 11) is 0. The molecule has 0 amide bonds. The maximum absolute atomic E-state index is 10.6. The molecule has 0 bridgehead atoms. The summed E-state index contributed by atoms with van der Waals surface area (Å²) >= 11 is 2.09. The molecule has 6 nitrogen and oxygen atoms in total. The molecule has 142 valence electrons. The first-order valence-corrected chi connectivity index (χ1v) is 8.82.